The second-order valence-electron chi connectivity index (χ2n) is 4.43. The summed E-state index contributed by atoms with van der Waals surface area (Å²) >= 11 is 1.51. The highest BCUT2D eigenvalue weighted by Gasteiger charge is 2.12. The van der Waals surface area contributed by atoms with Crippen molar-refractivity contribution in [3.8, 4) is 0 Å². The summed E-state index contributed by atoms with van der Waals surface area (Å²) in [7, 11) is 2.12. The molecular formula is C10H20N6S. The Morgan fingerprint density at radius 2 is 2.18 bits per heavy atom. The molecule has 96 valence electrons. The lowest BCUT2D eigenvalue weighted by atomic mass is 10.4. The average molecular weight is 256 g/mol. The van der Waals surface area contributed by atoms with Crippen LogP contribution in [-0.4, -0.2) is 53.2 Å². The summed E-state index contributed by atoms with van der Waals surface area (Å²) in [5, 5.41) is 9.67. The summed E-state index contributed by atoms with van der Waals surface area (Å²) in [6.45, 7) is 5.58. The molecule has 0 aliphatic carbocycles. The molecule has 2 rings (SSSR count). The maximum atomic E-state index is 5.27. The number of aromatic nitrogens is 2. The fraction of sp³-hybridized carbons (Fsp3) is 0.800. The Kier molecular flexibility index (Phi) is 4.66. The highest BCUT2D eigenvalue weighted by Crippen LogP contribution is 2.15. The van der Waals surface area contributed by atoms with Gasteiger partial charge in [-0.3, -0.25) is 10.3 Å². The van der Waals surface area contributed by atoms with Crippen LogP contribution in [0.25, 0.3) is 0 Å². The van der Waals surface area contributed by atoms with E-state index < -0.39 is 0 Å². The number of nitrogens with one attached hydrogen (secondary N) is 1. The van der Waals surface area contributed by atoms with Crippen LogP contribution in [0.2, 0.25) is 0 Å². The van der Waals surface area contributed by atoms with E-state index in [0.717, 1.165) is 24.6 Å². The number of likely N-dealkylation sites (N-methyl/N-ethyl adjacent to an activating group) is 1. The zero-order valence-electron chi connectivity index (χ0n) is 10.2. The van der Waals surface area contributed by atoms with E-state index in [1.165, 1.54) is 37.3 Å². The third-order valence-corrected chi connectivity index (χ3v) is 3.83. The Morgan fingerprint density at radius 3 is 2.82 bits per heavy atom. The third-order valence-electron chi connectivity index (χ3n) is 2.99. The molecule has 1 saturated heterocycles. The number of rotatable bonds is 6. The fourth-order valence-electron chi connectivity index (χ4n) is 2.00. The zero-order valence-corrected chi connectivity index (χ0v) is 11.0. The zero-order chi connectivity index (χ0) is 12.1. The standard InChI is InChI=1S/C10H20N6S/c1-15(6-7-16-4-2-3-5-16)8-9-13-14-10(12-11)17-9/h2-8,11H2,1H3,(H,12,14). The lowest BCUT2D eigenvalue weighted by Crippen LogP contribution is -2.31. The number of nitrogen functional groups attached to an aromatic ring is 1. The van der Waals surface area contributed by atoms with Gasteiger partial charge >= 0.3 is 0 Å². The predicted molar refractivity (Wildman–Crippen MR) is 69.7 cm³/mol. The van der Waals surface area contributed by atoms with Crippen molar-refractivity contribution >= 4 is 16.5 Å². The van der Waals surface area contributed by atoms with Gasteiger partial charge in [0.05, 0.1) is 6.54 Å². The van der Waals surface area contributed by atoms with Crippen LogP contribution < -0.4 is 11.3 Å². The molecule has 0 radical (unpaired) electrons. The molecule has 1 aromatic heterocycles. The summed E-state index contributed by atoms with van der Waals surface area (Å²) in [6.07, 6.45) is 2.71. The van der Waals surface area contributed by atoms with Gasteiger partial charge in [0.25, 0.3) is 0 Å². The molecule has 3 N–H and O–H groups in total. The van der Waals surface area contributed by atoms with Crippen LogP contribution >= 0.6 is 11.3 Å². The molecule has 1 aliphatic rings. The first-order valence-corrected chi connectivity index (χ1v) is 6.79. The van der Waals surface area contributed by atoms with E-state index in [9.17, 15) is 0 Å². The average Bonchev–Trinajstić information content (AvgIpc) is 2.97. The molecule has 17 heavy (non-hydrogen) atoms. The van der Waals surface area contributed by atoms with Gasteiger partial charge in [0.15, 0.2) is 0 Å². The van der Waals surface area contributed by atoms with Crippen molar-refractivity contribution in [2.24, 2.45) is 5.84 Å². The molecule has 0 spiro atoms. The highest BCUT2D eigenvalue weighted by molar-refractivity contribution is 7.15. The van der Waals surface area contributed by atoms with Crippen molar-refractivity contribution in [3.63, 3.8) is 0 Å². The number of nitrogens with zero attached hydrogens (tertiary/aromatic N) is 4. The smallest absolute Gasteiger partial charge is 0.219 e. The van der Waals surface area contributed by atoms with Gasteiger partial charge in [-0.2, -0.15) is 0 Å². The summed E-state index contributed by atoms with van der Waals surface area (Å²) in [5.41, 5.74) is 2.52. The number of anilines is 1. The van der Waals surface area contributed by atoms with E-state index in [1.807, 2.05) is 0 Å². The third kappa shape index (κ3) is 3.88. The van der Waals surface area contributed by atoms with Crippen molar-refractivity contribution in [1.29, 1.82) is 0 Å². The molecule has 0 saturated carbocycles. The van der Waals surface area contributed by atoms with E-state index >= 15 is 0 Å². The number of nitrogens with two attached hydrogens (primary N) is 1. The van der Waals surface area contributed by atoms with E-state index in [4.69, 9.17) is 5.84 Å². The van der Waals surface area contributed by atoms with Crippen LogP contribution in [0, 0.1) is 0 Å². The lowest BCUT2D eigenvalue weighted by molar-refractivity contribution is 0.252. The second kappa shape index (κ2) is 6.25. The highest BCUT2D eigenvalue weighted by atomic mass is 32.1. The summed E-state index contributed by atoms with van der Waals surface area (Å²) in [4.78, 5) is 4.79. The van der Waals surface area contributed by atoms with Crippen LogP contribution in [0.3, 0.4) is 0 Å². The molecule has 0 amide bonds. The van der Waals surface area contributed by atoms with Crippen molar-refractivity contribution in [1.82, 2.24) is 20.0 Å². The Bertz CT molecular complexity index is 335. The summed E-state index contributed by atoms with van der Waals surface area (Å²) in [5.74, 6) is 5.27. The number of hydrogen-bond acceptors (Lipinski definition) is 7. The minimum Gasteiger partial charge on any atom is -0.302 e. The van der Waals surface area contributed by atoms with Crippen LogP contribution in [0.1, 0.15) is 17.8 Å². The maximum absolute atomic E-state index is 5.27. The monoisotopic (exact) mass is 256 g/mol. The molecular weight excluding hydrogens is 236 g/mol. The van der Waals surface area contributed by atoms with Crippen LogP contribution in [0.5, 0.6) is 0 Å². The van der Waals surface area contributed by atoms with Gasteiger partial charge in [-0.05, 0) is 33.0 Å². The molecule has 1 aliphatic heterocycles. The van der Waals surface area contributed by atoms with E-state index in [2.05, 4.69) is 32.5 Å². The number of likely N-dealkylation sites (tertiary alicyclic amines) is 1. The Morgan fingerprint density at radius 1 is 1.41 bits per heavy atom. The molecule has 1 fully saturated rings. The lowest BCUT2D eigenvalue weighted by Gasteiger charge is -2.20. The van der Waals surface area contributed by atoms with E-state index in [0.29, 0.717) is 5.13 Å². The Balaban J connectivity index is 1.70. The first-order chi connectivity index (χ1) is 8.28. The van der Waals surface area contributed by atoms with Crippen LogP contribution in [0.15, 0.2) is 0 Å². The minimum atomic E-state index is 0.674. The number of hydrogen-bond donors (Lipinski definition) is 2. The van der Waals surface area contributed by atoms with E-state index in [-0.39, 0.29) is 0 Å². The predicted octanol–water partition coefficient (Wildman–Crippen LogP) is 0.351. The first kappa shape index (κ1) is 12.7. The van der Waals surface area contributed by atoms with Crippen molar-refractivity contribution < 1.29 is 0 Å². The molecule has 0 aromatic carbocycles. The van der Waals surface area contributed by atoms with Gasteiger partial charge in [-0.25, -0.2) is 5.84 Å². The van der Waals surface area contributed by atoms with E-state index in [1.54, 1.807) is 0 Å². The Labute approximate surface area is 106 Å². The Hall–Kier alpha value is -0.760. The molecule has 6 nitrogen and oxygen atoms in total. The minimum absolute atomic E-state index is 0.674. The topological polar surface area (TPSA) is 70.3 Å². The molecule has 0 bridgehead atoms. The van der Waals surface area contributed by atoms with Gasteiger partial charge in [0, 0.05) is 13.1 Å². The maximum Gasteiger partial charge on any atom is 0.219 e. The molecule has 0 unspecified atom stereocenters. The second-order valence-corrected chi connectivity index (χ2v) is 5.49. The SMILES string of the molecule is CN(CCN1CCCC1)Cc1nnc(NN)s1. The van der Waals surface area contributed by atoms with Gasteiger partial charge < -0.3 is 4.90 Å². The fourth-order valence-corrected chi connectivity index (χ4v) is 2.73. The van der Waals surface area contributed by atoms with Gasteiger partial charge in [0.1, 0.15) is 5.01 Å². The normalized spacial score (nSPS) is 16.9. The van der Waals surface area contributed by atoms with Crippen molar-refractivity contribution in [3.05, 3.63) is 5.01 Å². The molecule has 2 heterocycles. The molecule has 7 heteroatoms. The summed E-state index contributed by atoms with van der Waals surface area (Å²) in [6, 6.07) is 0. The van der Waals surface area contributed by atoms with Crippen molar-refractivity contribution in [2.45, 2.75) is 19.4 Å². The van der Waals surface area contributed by atoms with Gasteiger partial charge in [0.2, 0.25) is 5.13 Å². The quantitative estimate of drug-likeness (QED) is 0.565. The largest absolute Gasteiger partial charge is 0.302 e. The molecule has 0 atom stereocenters. The van der Waals surface area contributed by atoms with Gasteiger partial charge in [-0.15, -0.1) is 10.2 Å². The van der Waals surface area contributed by atoms with Crippen LogP contribution in [0.4, 0.5) is 5.13 Å². The molecule has 1 aromatic rings. The van der Waals surface area contributed by atoms with Crippen molar-refractivity contribution in [2.75, 3.05) is 38.7 Å². The first-order valence-electron chi connectivity index (χ1n) is 5.98. The van der Waals surface area contributed by atoms with Crippen LogP contribution in [-0.2, 0) is 6.54 Å². The summed E-state index contributed by atoms with van der Waals surface area (Å²) < 4.78 is 0. The number of hydrazine groups is 1. The van der Waals surface area contributed by atoms with Gasteiger partial charge in [-0.1, -0.05) is 11.3 Å².